The molecule has 0 aliphatic heterocycles. The van der Waals surface area contributed by atoms with Crippen LogP contribution in [0.5, 0.6) is 0 Å². The second kappa shape index (κ2) is 9.51. The van der Waals surface area contributed by atoms with Crippen LogP contribution in [0.3, 0.4) is 0 Å². The minimum atomic E-state index is 1.26. The van der Waals surface area contributed by atoms with E-state index in [-0.39, 0.29) is 0 Å². The van der Waals surface area contributed by atoms with Crippen LogP contribution in [0.4, 0.5) is 0 Å². The molecular formula is C52H28. The highest BCUT2D eigenvalue weighted by Crippen LogP contribution is 2.56. The fraction of sp³-hybridized carbons (Fsp3) is 0. The molecule has 0 unspecified atom stereocenters. The van der Waals surface area contributed by atoms with Gasteiger partial charge in [0, 0.05) is 0 Å². The van der Waals surface area contributed by atoms with Crippen LogP contribution in [0, 0.1) is 0 Å². The molecule has 0 nitrogen and oxygen atoms in total. The zero-order valence-corrected chi connectivity index (χ0v) is 28.2. The molecule has 0 bridgehead atoms. The molecule has 0 spiro atoms. The van der Waals surface area contributed by atoms with E-state index >= 15 is 0 Å². The Hall–Kier alpha value is -6.76. The summed E-state index contributed by atoms with van der Waals surface area (Å²) in [6.07, 6.45) is 0. The maximum atomic E-state index is 2.41. The Morgan fingerprint density at radius 3 is 0.846 bits per heavy atom. The van der Waals surface area contributed by atoms with E-state index in [2.05, 4.69) is 170 Å². The molecule has 0 aromatic heterocycles. The van der Waals surface area contributed by atoms with E-state index in [0.29, 0.717) is 0 Å². The van der Waals surface area contributed by atoms with E-state index < -0.39 is 0 Å². The molecule has 13 aromatic rings. The third-order valence-electron chi connectivity index (χ3n) is 12.2. The van der Waals surface area contributed by atoms with E-state index in [0.717, 1.165) is 0 Å². The van der Waals surface area contributed by atoms with Crippen LogP contribution in [0.25, 0.3) is 130 Å². The first-order chi connectivity index (χ1) is 25.9. The van der Waals surface area contributed by atoms with Crippen LogP contribution >= 0.6 is 0 Å². The zero-order valence-electron chi connectivity index (χ0n) is 28.2. The van der Waals surface area contributed by atoms with Gasteiger partial charge in [-0.1, -0.05) is 170 Å². The molecule has 0 aliphatic carbocycles. The highest BCUT2D eigenvalue weighted by molar-refractivity contribution is 6.53. The third kappa shape index (κ3) is 3.12. The summed E-state index contributed by atoms with van der Waals surface area (Å²) in [6, 6.07) is 63.9. The molecule has 0 fully saturated rings. The lowest BCUT2D eigenvalue weighted by molar-refractivity contribution is 1.69. The van der Waals surface area contributed by atoms with Crippen molar-refractivity contribution in [3.05, 3.63) is 170 Å². The summed E-state index contributed by atoms with van der Waals surface area (Å²) in [4.78, 5) is 0. The van der Waals surface area contributed by atoms with Crippen molar-refractivity contribution in [3.63, 3.8) is 0 Å². The monoisotopic (exact) mass is 652 g/mol. The second-order valence-electron chi connectivity index (χ2n) is 14.6. The van der Waals surface area contributed by atoms with Gasteiger partial charge in [0.2, 0.25) is 0 Å². The van der Waals surface area contributed by atoms with Gasteiger partial charge in [-0.2, -0.15) is 0 Å². The van der Waals surface area contributed by atoms with E-state index in [4.69, 9.17) is 0 Å². The van der Waals surface area contributed by atoms with Crippen molar-refractivity contribution in [2.24, 2.45) is 0 Å². The van der Waals surface area contributed by atoms with Gasteiger partial charge in [-0.25, -0.2) is 0 Å². The predicted octanol–water partition coefficient (Wildman–Crippen LogP) is 14.9. The molecule has 13 rings (SSSR count). The highest BCUT2D eigenvalue weighted by atomic mass is 14.3. The molecule has 236 valence electrons. The quantitative estimate of drug-likeness (QED) is 0.129. The highest BCUT2D eigenvalue weighted by Gasteiger charge is 2.28. The largest absolute Gasteiger partial charge is 0.0622 e. The molecule has 52 heavy (non-hydrogen) atoms. The first kappa shape index (κ1) is 27.0. The van der Waals surface area contributed by atoms with Crippen LogP contribution in [0.1, 0.15) is 0 Å². The van der Waals surface area contributed by atoms with Gasteiger partial charge in [0.1, 0.15) is 0 Å². The lowest BCUT2D eigenvalue weighted by Crippen LogP contribution is -1.93. The van der Waals surface area contributed by atoms with Crippen LogP contribution < -0.4 is 0 Å². The summed E-state index contributed by atoms with van der Waals surface area (Å²) in [7, 11) is 0. The summed E-state index contributed by atoms with van der Waals surface area (Å²) in [5.74, 6) is 0. The number of rotatable bonds is 2. The molecule has 13 aromatic carbocycles. The molecule has 0 heterocycles. The van der Waals surface area contributed by atoms with Crippen molar-refractivity contribution in [2.45, 2.75) is 0 Å². The van der Waals surface area contributed by atoms with Crippen molar-refractivity contribution in [3.8, 4) is 22.3 Å². The Labute approximate surface area is 298 Å². The van der Waals surface area contributed by atoms with Crippen molar-refractivity contribution >= 4 is 108 Å². The summed E-state index contributed by atoms with van der Waals surface area (Å²) >= 11 is 0. The van der Waals surface area contributed by atoms with Crippen LogP contribution in [0.2, 0.25) is 0 Å². The lowest BCUT2D eigenvalue weighted by atomic mass is 9.81. The molecule has 0 heteroatoms. The Kier molecular flexibility index (Phi) is 4.94. The molecule has 0 N–H and O–H groups in total. The molecule has 0 amide bonds. The fourth-order valence-electron chi connectivity index (χ4n) is 10.4. The van der Waals surface area contributed by atoms with Gasteiger partial charge in [-0.15, -0.1) is 0 Å². The SMILES string of the molecule is c1ccc(-c2c3cccc4c3c(c3cccc5c(-c6ccccc6)c6c7cccc8cccc(c87)c6c4c53)c3c4cccc5cccc(c23)c54)cc1. The fourth-order valence-corrected chi connectivity index (χ4v) is 10.4. The molecule has 0 saturated heterocycles. The third-order valence-corrected chi connectivity index (χ3v) is 12.2. The Morgan fingerprint density at radius 2 is 0.462 bits per heavy atom. The Morgan fingerprint density at radius 1 is 0.173 bits per heavy atom. The molecule has 0 atom stereocenters. The minimum Gasteiger partial charge on any atom is -0.0622 e. The molecule has 0 aliphatic rings. The normalized spacial score (nSPS) is 12.6. The molecule has 0 saturated carbocycles. The van der Waals surface area contributed by atoms with Crippen molar-refractivity contribution in [1.29, 1.82) is 0 Å². The molecule has 0 radical (unpaired) electrons. The molecular weight excluding hydrogens is 625 g/mol. The maximum absolute atomic E-state index is 2.41. The number of hydrogen-bond donors (Lipinski definition) is 0. The van der Waals surface area contributed by atoms with Crippen LogP contribution in [0.15, 0.2) is 170 Å². The van der Waals surface area contributed by atoms with Gasteiger partial charge < -0.3 is 0 Å². The summed E-state index contributed by atoms with van der Waals surface area (Å²) < 4.78 is 0. The average molecular weight is 653 g/mol. The van der Waals surface area contributed by atoms with Crippen molar-refractivity contribution in [1.82, 2.24) is 0 Å². The van der Waals surface area contributed by atoms with Crippen LogP contribution in [-0.2, 0) is 0 Å². The topological polar surface area (TPSA) is 0 Å². The van der Waals surface area contributed by atoms with Crippen molar-refractivity contribution < 1.29 is 0 Å². The zero-order chi connectivity index (χ0) is 33.7. The van der Waals surface area contributed by atoms with Gasteiger partial charge in [0.15, 0.2) is 0 Å². The van der Waals surface area contributed by atoms with Gasteiger partial charge in [-0.05, 0) is 130 Å². The van der Waals surface area contributed by atoms with Crippen LogP contribution in [-0.4, -0.2) is 0 Å². The van der Waals surface area contributed by atoms with Crippen molar-refractivity contribution in [2.75, 3.05) is 0 Å². The van der Waals surface area contributed by atoms with E-state index in [1.807, 2.05) is 0 Å². The summed E-state index contributed by atoms with van der Waals surface area (Å²) in [6.45, 7) is 0. The number of hydrogen-bond acceptors (Lipinski definition) is 0. The smallest absolute Gasteiger partial charge is 0.000697 e. The summed E-state index contributed by atoms with van der Waals surface area (Å²) in [5.41, 5.74) is 5.19. The maximum Gasteiger partial charge on any atom is -0.000697 e. The van der Waals surface area contributed by atoms with Gasteiger partial charge in [-0.3, -0.25) is 0 Å². The predicted molar refractivity (Wildman–Crippen MR) is 226 cm³/mol. The Balaban J connectivity index is 1.43. The van der Waals surface area contributed by atoms with Gasteiger partial charge >= 0.3 is 0 Å². The Bertz CT molecular complexity index is 3340. The van der Waals surface area contributed by atoms with Gasteiger partial charge in [0.05, 0.1) is 0 Å². The first-order valence-corrected chi connectivity index (χ1v) is 18.3. The lowest BCUT2D eigenvalue weighted by Gasteiger charge is -2.21. The standard InChI is InChI=1S/C52H28/c1-3-13-31(14-4-1)43-37-25-11-27-39-45(37)49(51-35-23-9-19-29-17-7-21-33(41(29)35)47(43)51)40-28-12-26-38-44(32-15-5-2-6-16-32)48-34-22-8-18-30-20-10-24-36(42(30)34)52(48)50(39)46(38)40/h1-28H. The average Bonchev–Trinajstić information content (AvgIpc) is 3.72. The number of benzene rings is 11. The van der Waals surface area contributed by atoms with Gasteiger partial charge in [0.25, 0.3) is 0 Å². The minimum absolute atomic E-state index is 1.26. The first-order valence-electron chi connectivity index (χ1n) is 18.3. The van der Waals surface area contributed by atoms with E-state index in [1.54, 1.807) is 0 Å². The number of fused-ring (bicyclic) bond motifs is 10. The van der Waals surface area contributed by atoms with E-state index in [9.17, 15) is 0 Å². The second-order valence-corrected chi connectivity index (χ2v) is 14.6. The van der Waals surface area contributed by atoms with E-state index in [1.165, 1.54) is 130 Å². The summed E-state index contributed by atoms with van der Waals surface area (Å²) in [5, 5.41) is 26.9.